The number of rotatable bonds is 5. The maximum Gasteiger partial charge on any atom is 0.255 e. The van der Waals surface area contributed by atoms with E-state index in [2.05, 4.69) is 10.6 Å². The first kappa shape index (κ1) is 21.8. The predicted octanol–water partition coefficient (Wildman–Crippen LogP) is 3.83. The number of fused-ring (bicyclic) bond motifs is 1. The molecule has 3 atom stereocenters. The van der Waals surface area contributed by atoms with Crippen molar-refractivity contribution >= 4 is 40.0 Å². The smallest absolute Gasteiger partial charge is 0.255 e. The Morgan fingerprint density at radius 2 is 2.00 bits per heavy atom. The zero-order valence-electron chi connectivity index (χ0n) is 17.2. The number of nitrogens with zero attached hydrogens (tertiary/aromatic N) is 1. The summed E-state index contributed by atoms with van der Waals surface area (Å²) in [4.78, 5) is 14.4. The lowest BCUT2D eigenvalue weighted by molar-refractivity contribution is 0.102. The summed E-state index contributed by atoms with van der Waals surface area (Å²) in [7, 11) is 0.511. The van der Waals surface area contributed by atoms with Gasteiger partial charge in [0.05, 0.1) is 15.8 Å². The molecule has 0 saturated heterocycles. The summed E-state index contributed by atoms with van der Waals surface area (Å²) in [6, 6.07) is 11.0. The van der Waals surface area contributed by atoms with E-state index in [9.17, 15) is 14.1 Å². The third-order valence-electron chi connectivity index (χ3n) is 4.93. The van der Waals surface area contributed by atoms with Crippen molar-refractivity contribution in [2.45, 2.75) is 55.0 Å². The van der Waals surface area contributed by atoms with Crippen LogP contribution in [0, 0.1) is 6.92 Å². The Hall–Kier alpha value is -1.87. The van der Waals surface area contributed by atoms with Gasteiger partial charge in [-0.3, -0.25) is 4.79 Å². The number of hydrogen-bond acceptors (Lipinski definition) is 5. The van der Waals surface area contributed by atoms with Crippen LogP contribution in [0.5, 0.6) is 0 Å². The Bertz CT molecular complexity index is 949. The first-order valence-corrected chi connectivity index (χ1v) is 11.5. The number of aliphatic hydroxyl groups is 1. The van der Waals surface area contributed by atoms with Crippen LogP contribution in [0.1, 0.15) is 36.7 Å². The summed E-state index contributed by atoms with van der Waals surface area (Å²) in [6.45, 7) is 7.82. The van der Waals surface area contributed by atoms with Gasteiger partial charge in [0.1, 0.15) is 17.2 Å². The van der Waals surface area contributed by atoms with Crippen molar-refractivity contribution in [1.29, 1.82) is 0 Å². The lowest BCUT2D eigenvalue weighted by Crippen LogP contribution is -2.32. The number of aryl methyl sites for hydroxylation is 1. The summed E-state index contributed by atoms with van der Waals surface area (Å²) in [5.74, 6) is -0.259. The molecule has 1 heterocycles. The number of thioether (sulfide) groups is 1. The number of amides is 1. The van der Waals surface area contributed by atoms with Crippen molar-refractivity contribution in [3.8, 4) is 0 Å². The van der Waals surface area contributed by atoms with Gasteiger partial charge >= 0.3 is 0 Å². The monoisotopic (exact) mass is 433 g/mol. The van der Waals surface area contributed by atoms with Gasteiger partial charge in [0.15, 0.2) is 0 Å². The zero-order valence-corrected chi connectivity index (χ0v) is 18.9. The molecule has 2 aromatic carbocycles. The summed E-state index contributed by atoms with van der Waals surface area (Å²) in [5, 5.41) is 16.0. The molecule has 0 radical (unpaired) electrons. The van der Waals surface area contributed by atoms with Crippen molar-refractivity contribution in [3.63, 3.8) is 0 Å². The minimum atomic E-state index is -1.31. The van der Waals surface area contributed by atoms with Gasteiger partial charge in [0, 0.05) is 29.2 Å². The molecule has 1 amide bonds. The Morgan fingerprint density at radius 3 is 2.69 bits per heavy atom. The second kappa shape index (κ2) is 8.87. The van der Waals surface area contributed by atoms with Crippen LogP contribution >= 0.6 is 11.8 Å². The summed E-state index contributed by atoms with van der Waals surface area (Å²) >= 11 is 1.57. The van der Waals surface area contributed by atoms with Gasteiger partial charge in [0.25, 0.3) is 5.91 Å². The molecule has 0 aliphatic carbocycles. The van der Waals surface area contributed by atoms with E-state index in [-0.39, 0.29) is 17.2 Å². The van der Waals surface area contributed by atoms with Crippen LogP contribution in [0.4, 0.5) is 11.4 Å². The highest BCUT2D eigenvalue weighted by atomic mass is 32.2. The van der Waals surface area contributed by atoms with Crippen molar-refractivity contribution < 1.29 is 14.1 Å². The molecular formula is C21H27N3O3S2. The Balaban J connectivity index is 1.80. The van der Waals surface area contributed by atoms with E-state index >= 15 is 0 Å². The topological polar surface area (TPSA) is 81.7 Å². The number of hydrogen-bond donors (Lipinski definition) is 3. The number of aliphatic hydroxyl groups excluding tert-OH is 1. The lowest BCUT2D eigenvalue weighted by atomic mass is 10.1. The Morgan fingerprint density at radius 1 is 1.28 bits per heavy atom. The van der Waals surface area contributed by atoms with Gasteiger partial charge in [0.2, 0.25) is 0 Å². The first-order valence-electron chi connectivity index (χ1n) is 9.49. The second-order valence-electron chi connectivity index (χ2n) is 7.45. The molecule has 29 heavy (non-hydrogen) atoms. The molecule has 0 fully saturated rings. The van der Waals surface area contributed by atoms with Crippen LogP contribution in [-0.2, 0) is 11.0 Å². The van der Waals surface area contributed by atoms with Crippen molar-refractivity contribution in [2.75, 3.05) is 17.7 Å². The summed E-state index contributed by atoms with van der Waals surface area (Å²) in [5.41, 5.74) is 2.74. The minimum Gasteiger partial charge on any atom is -0.373 e. The van der Waals surface area contributed by atoms with Crippen LogP contribution in [0.3, 0.4) is 0 Å². The fraction of sp³-hybridized carbons (Fsp3) is 0.381. The predicted molar refractivity (Wildman–Crippen MR) is 120 cm³/mol. The third kappa shape index (κ3) is 4.83. The lowest BCUT2D eigenvalue weighted by Gasteiger charge is -2.28. The van der Waals surface area contributed by atoms with E-state index in [4.69, 9.17) is 0 Å². The molecule has 1 aliphatic rings. The number of nitrogens with one attached hydrogen (secondary N) is 2. The average Bonchev–Trinajstić information content (AvgIpc) is 2.68. The highest BCUT2D eigenvalue weighted by molar-refractivity contribution is 8.00. The quantitative estimate of drug-likeness (QED) is 0.668. The maximum absolute atomic E-state index is 12.8. The SMILES string of the molecule is Cc1ccc(NC(=O)c2ccc3c(c2)NC(O)C(C)S3)cc1S(=O)N(C)C(C)C. The van der Waals surface area contributed by atoms with Crippen molar-refractivity contribution in [2.24, 2.45) is 0 Å². The molecule has 3 N–H and O–H groups in total. The molecule has 8 heteroatoms. The van der Waals surface area contributed by atoms with Crippen molar-refractivity contribution in [3.05, 3.63) is 47.5 Å². The Labute approximate surface area is 178 Å². The summed E-state index contributed by atoms with van der Waals surface area (Å²) in [6.07, 6.45) is -0.654. The van der Waals surface area contributed by atoms with E-state index in [1.807, 2.05) is 46.9 Å². The van der Waals surface area contributed by atoms with Crippen LogP contribution in [0.2, 0.25) is 0 Å². The van der Waals surface area contributed by atoms with Gasteiger partial charge in [-0.05, 0) is 63.6 Å². The molecule has 156 valence electrons. The van der Waals surface area contributed by atoms with E-state index in [1.54, 1.807) is 40.3 Å². The minimum absolute atomic E-state index is 0.0398. The number of carbonyl (C=O) groups excluding carboxylic acids is 1. The molecule has 1 aliphatic heterocycles. The molecule has 3 rings (SSSR count). The van der Waals surface area contributed by atoms with Crippen LogP contribution < -0.4 is 10.6 Å². The maximum atomic E-state index is 12.8. The van der Waals surface area contributed by atoms with Gasteiger partial charge in [-0.15, -0.1) is 11.8 Å². The fourth-order valence-electron chi connectivity index (χ4n) is 2.84. The van der Waals surface area contributed by atoms with E-state index < -0.39 is 17.2 Å². The molecule has 0 aromatic heterocycles. The molecule has 3 unspecified atom stereocenters. The first-order chi connectivity index (χ1) is 13.7. The van der Waals surface area contributed by atoms with Gasteiger partial charge in [-0.2, -0.15) is 0 Å². The number of carbonyl (C=O) groups is 1. The normalized spacial score (nSPS) is 19.6. The average molecular weight is 434 g/mol. The fourth-order valence-corrected chi connectivity index (χ4v) is 5.10. The standard InChI is InChI=1S/C21H27N3O3S2/c1-12(2)24(5)29(27)19-11-16(8-6-13(19)3)22-21(26)15-7-9-18-17(10-15)23-20(25)14(4)28-18/h6-12,14,20,23,25H,1-5H3,(H,22,26). The van der Waals surface area contributed by atoms with Gasteiger partial charge in [-0.25, -0.2) is 8.51 Å². The molecular weight excluding hydrogens is 406 g/mol. The highest BCUT2D eigenvalue weighted by Crippen LogP contribution is 2.37. The molecule has 0 spiro atoms. The zero-order chi connectivity index (χ0) is 21.3. The van der Waals surface area contributed by atoms with E-state index in [0.29, 0.717) is 16.1 Å². The molecule has 2 aromatic rings. The van der Waals surface area contributed by atoms with Crippen LogP contribution in [-0.4, -0.2) is 44.1 Å². The molecule has 0 saturated carbocycles. The summed E-state index contributed by atoms with van der Waals surface area (Å²) < 4.78 is 14.6. The molecule has 0 bridgehead atoms. The van der Waals surface area contributed by atoms with Gasteiger partial charge in [-0.1, -0.05) is 6.07 Å². The highest BCUT2D eigenvalue weighted by Gasteiger charge is 2.24. The van der Waals surface area contributed by atoms with Gasteiger partial charge < -0.3 is 15.7 Å². The van der Waals surface area contributed by atoms with Crippen molar-refractivity contribution in [1.82, 2.24) is 4.31 Å². The van der Waals surface area contributed by atoms with Crippen LogP contribution in [0.25, 0.3) is 0 Å². The largest absolute Gasteiger partial charge is 0.373 e. The second-order valence-corrected chi connectivity index (χ2v) is 10.4. The number of benzene rings is 2. The van der Waals surface area contributed by atoms with Crippen LogP contribution in [0.15, 0.2) is 46.2 Å². The molecule has 6 nitrogen and oxygen atoms in total. The van der Waals surface area contributed by atoms with E-state index in [0.717, 1.165) is 16.1 Å². The van der Waals surface area contributed by atoms with E-state index in [1.165, 1.54) is 0 Å². The number of anilines is 2. The Kier molecular flexibility index (Phi) is 6.68. The third-order valence-corrected chi connectivity index (χ3v) is 7.93.